The average Bonchev–Trinajstić information content (AvgIpc) is 2.26. The van der Waals surface area contributed by atoms with E-state index in [0.717, 1.165) is 18.4 Å². The molecule has 4 heteroatoms. The molecule has 0 spiro atoms. The van der Waals surface area contributed by atoms with E-state index in [4.69, 9.17) is 26.8 Å². The molecule has 0 aliphatic rings. The van der Waals surface area contributed by atoms with Gasteiger partial charge in [0.05, 0.1) is 19.2 Å². The van der Waals surface area contributed by atoms with E-state index in [1.54, 1.807) is 14.2 Å². The van der Waals surface area contributed by atoms with Gasteiger partial charge in [-0.1, -0.05) is 17.7 Å². The van der Waals surface area contributed by atoms with E-state index < -0.39 is 0 Å². The van der Waals surface area contributed by atoms with E-state index in [2.05, 4.69) is 0 Å². The maximum atomic E-state index is 6.23. The minimum Gasteiger partial charge on any atom is -0.493 e. The number of ether oxygens (including phenoxy) is 2. The molecule has 0 radical (unpaired) electrons. The maximum Gasteiger partial charge on any atom is 0.179 e. The molecule has 0 amide bonds. The molecule has 2 N–H and O–H groups in total. The molecular weight excluding hydrogens is 226 g/mol. The van der Waals surface area contributed by atoms with Crippen LogP contribution in [-0.2, 0) is 6.42 Å². The molecule has 1 aromatic carbocycles. The van der Waals surface area contributed by atoms with Crippen LogP contribution in [0.5, 0.6) is 11.5 Å². The fraction of sp³-hybridized carbons (Fsp3) is 0.500. The highest BCUT2D eigenvalue weighted by Crippen LogP contribution is 2.37. The molecule has 0 heterocycles. The molecule has 0 bridgehead atoms. The van der Waals surface area contributed by atoms with Gasteiger partial charge in [0.25, 0.3) is 0 Å². The summed E-state index contributed by atoms with van der Waals surface area (Å²) in [4.78, 5) is 0. The van der Waals surface area contributed by atoms with Gasteiger partial charge in [-0.3, -0.25) is 0 Å². The van der Waals surface area contributed by atoms with Crippen molar-refractivity contribution in [3.05, 3.63) is 22.7 Å². The fourth-order valence-electron chi connectivity index (χ4n) is 1.51. The van der Waals surface area contributed by atoms with Crippen molar-refractivity contribution in [2.75, 3.05) is 14.2 Å². The SMILES string of the molecule is COc1ccc(CC[C@H](C)N)c(Cl)c1OC. The van der Waals surface area contributed by atoms with Crippen molar-refractivity contribution in [3.8, 4) is 11.5 Å². The fourth-order valence-corrected chi connectivity index (χ4v) is 1.83. The number of aryl methyl sites for hydroxylation is 1. The smallest absolute Gasteiger partial charge is 0.179 e. The molecule has 16 heavy (non-hydrogen) atoms. The highest BCUT2D eigenvalue weighted by atomic mass is 35.5. The van der Waals surface area contributed by atoms with Gasteiger partial charge >= 0.3 is 0 Å². The highest BCUT2D eigenvalue weighted by Gasteiger charge is 2.12. The summed E-state index contributed by atoms with van der Waals surface area (Å²) in [6.07, 6.45) is 1.74. The number of methoxy groups -OCH3 is 2. The quantitative estimate of drug-likeness (QED) is 0.865. The predicted octanol–water partition coefficient (Wildman–Crippen LogP) is 2.64. The number of nitrogens with two attached hydrogens (primary N) is 1. The van der Waals surface area contributed by atoms with Gasteiger partial charge in [-0.05, 0) is 31.4 Å². The first-order chi connectivity index (χ1) is 7.60. The van der Waals surface area contributed by atoms with Crippen molar-refractivity contribution >= 4 is 11.6 Å². The molecule has 1 aromatic rings. The summed E-state index contributed by atoms with van der Waals surface area (Å²) in [5.74, 6) is 1.24. The molecule has 1 rings (SSSR count). The van der Waals surface area contributed by atoms with Gasteiger partial charge in [0.2, 0.25) is 0 Å². The zero-order valence-corrected chi connectivity index (χ0v) is 10.7. The molecule has 0 saturated carbocycles. The van der Waals surface area contributed by atoms with Crippen molar-refractivity contribution in [2.24, 2.45) is 5.73 Å². The molecule has 90 valence electrons. The largest absolute Gasteiger partial charge is 0.493 e. The van der Waals surface area contributed by atoms with E-state index in [-0.39, 0.29) is 6.04 Å². The number of rotatable bonds is 5. The van der Waals surface area contributed by atoms with Crippen molar-refractivity contribution in [3.63, 3.8) is 0 Å². The second-order valence-electron chi connectivity index (χ2n) is 3.79. The van der Waals surface area contributed by atoms with Crippen molar-refractivity contribution in [2.45, 2.75) is 25.8 Å². The minimum absolute atomic E-state index is 0.171. The number of halogens is 1. The Morgan fingerprint density at radius 2 is 2.00 bits per heavy atom. The first-order valence-electron chi connectivity index (χ1n) is 5.25. The molecule has 0 aliphatic carbocycles. The Balaban J connectivity index is 2.95. The Bertz CT molecular complexity index is 353. The van der Waals surface area contributed by atoms with Crippen LogP contribution in [0.4, 0.5) is 0 Å². The lowest BCUT2D eigenvalue weighted by atomic mass is 10.1. The summed E-state index contributed by atoms with van der Waals surface area (Å²) in [5, 5.41) is 0.613. The third-order valence-corrected chi connectivity index (χ3v) is 2.85. The lowest BCUT2D eigenvalue weighted by Gasteiger charge is -2.13. The monoisotopic (exact) mass is 243 g/mol. The Morgan fingerprint density at radius 3 is 2.50 bits per heavy atom. The average molecular weight is 244 g/mol. The zero-order chi connectivity index (χ0) is 12.1. The topological polar surface area (TPSA) is 44.5 Å². The standard InChI is InChI=1S/C12H18ClNO2/c1-8(14)4-5-9-6-7-10(15-2)12(16-3)11(9)13/h6-8H,4-5,14H2,1-3H3/t8-/m0/s1. The molecule has 0 aliphatic heterocycles. The van der Waals surface area contributed by atoms with Gasteiger partial charge in [-0.25, -0.2) is 0 Å². The van der Waals surface area contributed by atoms with Gasteiger partial charge in [-0.2, -0.15) is 0 Å². The van der Waals surface area contributed by atoms with Crippen LogP contribution >= 0.6 is 11.6 Å². The zero-order valence-electron chi connectivity index (χ0n) is 9.92. The first kappa shape index (κ1) is 13.1. The van der Waals surface area contributed by atoms with Crippen LogP contribution in [0.3, 0.4) is 0 Å². The third-order valence-electron chi connectivity index (χ3n) is 2.43. The Labute approximate surface area is 101 Å². The van der Waals surface area contributed by atoms with Crippen molar-refractivity contribution < 1.29 is 9.47 Å². The lowest BCUT2D eigenvalue weighted by molar-refractivity contribution is 0.354. The van der Waals surface area contributed by atoms with Gasteiger partial charge in [0.1, 0.15) is 0 Å². The summed E-state index contributed by atoms with van der Waals surface area (Å²) in [6.45, 7) is 1.98. The van der Waals surface area contributed by atoms with Crippen molar-refractivity contribution in [1.29, 1.82) is 0 Å². The van der Waals surface area contributed by atoms with E-state index in [0.29, 0.717) is 16.5 Å². The molecule has 0 unspecified atom stereocenters. The Kier molecular flexibility index (Phi) is 4.90. The summed E-state index contributed by atoms with van der Waals surface area (Å²) in [5.41, 5.74) is 6.76. The first-order valence-corrected chi connectivity index (χ1v) is 5.62. The predicted molar refractivity (Wildman–Crippen MR) is 66.5 cm³/mol. The number of hydrogen-bond donors (Lipinski definition) is 1. The van der Waals surface area contributed by atoms with E-state index in [9.17, 15) is 0 Å². The minimum atomic E-state index is 0.171. The second kappa shape index (κ2) is 5.97. The molecular formula is C12H18ClNO2. The Hall–Kier alpha value is -0.930. The van der Waals surface area contributed by atoms with Crippen LogP contribution in [0.25, 0.3) is 0 Å². The normalized spacial score (nSPS) is 12.3. The van der Waals surface area contributed by atoms with Crippen LogP contribution in [0.2, 0.25) is 5.02 Å². The Morgan fingerprint density at radius 1 is 1.31 bits per heavy atom. The van der Waals surface area contributed by atoms with Crippen LogP contribution in [-0.4, -0.2) is 20.3 Å². The third kappa shape index (κ3) is 3.03. The van der Waals surface area contributed by atoms with Crippen LogP contribution in [0.1, 0.15) is 18.9 Å². The van der Waals surface area contributed by atoms with Crippen molar-refractivity contribution in [1.82, 2.24) is 0 Å². The molecule has 0 saturated heterocycles. The van der Waals surface area contributed by atoms with Gasteiger partial charge in [0, 0.05) is 6.04 Å². The lowest BCUT2D eigenvalue weighted by Crippen LogP contribution is -2.15. The van der Waals surface area contributed by atoms with E-state index in [1.165, 1.54) is 0 Å². The van der Waals surface area contributed by atoms with E-state index in [1.807, 2.05) is 19.1 Å². The summed E-state index contributed by atoms with van der Waals surface area (Å²) < 4.78 is 10.4. The molecule has 1 atom stereocenters. The summed E-state index contributed by atoms with van der Waals surface area (Å²) in [7, 11) is 3.18. The summed E-state index contributed by atoms with van der Waals surface area (Å²) >= 11 is 6.23. The van der Waals surface area contributed by atoms with Gasteiger partial charge < -0.3 is 15.2 Å². The van der Waals surface area contributed by atoms with Gasteiger partial charge in [-0.15, -0.1) is 0 Å². The molecule has 0 fully saturated rings. The maximum absolute atomic E-state index is 6.23. The summed E-state index contributed by atoms with van der Waals surface area (Å²) in [6, 6.07) is 3.98. The van der Waals surface area contributed by atoms with Crippen LogP contribution in [0.15, 0.2) is 12.1 Å². The number of hydrogen-bond acceptors (Lipinski definition) is 3. The van der Waals surface area contributed by atoms with Crippen LogP contribution < -0.4 is 15.2 Å². The highest BCUT2D eigenvalue weighted by molar-refractivity contribution is 6.33. The molecule has 3 nitrogen and oxygen atoms in total. The van der Waals surface area contributed by atoms with Crippen LogP contribution in [0, 0.1) is 0 Å². The van der Waals surface area contributed by atoms with E-state index >= 15 is 0 Å². The second-order valence-corrected chi connectivity index (χ2v) is 4.17. The molecule has 0 aromatic heterocycles. The van der Waals surface area contributed by atoms with Gasteiger partial charge in [0.15, 0.2) is 11.5 Å². The number of benzene rings is 1.